The van der Waals surface area contributed by atoms with Crippen molar-refractivity contribution in [2.75, 3.05) is 26.9 Å². The van der Waals surface area contributed by atoms with Gasteiger partial charge >= 0.3 is 0 Å². The van der Waals surface area contributed by atoms with E-state index < -0.39 is 10.0 Å². The first-order valence-corrected chi connectivity index (χ1v) is 11.1. The number of sulfonamides is 1. The fraction of sp³-hybridized carbons (Fsp3) is 0.167. The molecule has 3 aromatic rings. The van der Waals surface area contributed by atoms with Crippen LogP contribution in [0, 0.1) is 12.3 Å². The zero-order valence-electron chi connectivity index (χ0n) is 16.0. The Bertz CT molecular complexity index is 1230. The molecule has 0 fully saturated rings. The minimum absolute atomic E-state index is 0.0322. The van der Waals surface area contributed by atoms with Crippen LogP contribution in [0.3, 0.4) is 0 Å². The van der Waals surface area contributed by atoms with Crippen molar-refractivity contribution < 1.29 is 17.6 Å². The van der Waals surface area contributed by atoms with E-state index in [-0.39, 0.29) is 21.1 Å². The molecule has 1 aliphatic rings. The van der Waals surface area contributed by atoms with Gasteiger partial charge in [-0.05, 0) is 37.3 Å². The molecule has 4 rings (SSSR count). The van der Waals surface area contributed by atoms with Gasteiger partial charge in [-0.3, -0.25) is 14.9 Å². The topological polar surface area (TPSA) is 140 Å². The molecule has 1 aliphatic heterocycles. The smallest absolute Gasteiger partial charge is 0.273 e. The van der Waals surface area contributed by atoms with Crippen molar-refractivity contribution in [2.24, 2.45) is 0 Å². The third-order valence-electron chi connectivity index (χ3n) is 4.30. The number of aryl methyl sites for hydroxylation is 1. The second-order valence-corrected chi connectivity index (χ2v) is 9.38. The Morgan fingerprint density at radius 1 is 1.30 bits per heavy atom. The maximum absolute atomic E-state index is 12.7. The monoisotopic (exact) mass is 446 g/mol. The van der Waals surface area contributed by atoms with Gasteiger partial charge < -0.3 is 20.0 Å². The summed E-state index contributed by atoms with van der Waals surface area (Å²) < 4.78 is 33.3. The van der Waals surface area contributed by atoms with Gasteiger partial charge in [-0.25, -0.2) is 13.4 Å². The Morgan fingerprint density at radius 3 is 2.73 bits per heavy atom. The van der Waals surface area contributed by atoms with Crippen molar-refractivity contribution in [1.29, 1.82) is 5.41 Å². The van der Waals surface area contributed by atoms with Gasteiger partial charge in [0.25, 0.3) is 10.0 Å². The summed E-state index contributed by atoms with van der Waals surface area (Å²) in [7, 11) is -3.87. The Labute approximate surface area is 176 Å². The number of hydrogen-bond donors (Lipinski definition) is 4. The van der Waals surface area contributed by atoms with E-state index >= 15 is 0 Å². The number of anilines is 4. The number of fused-ring (bicyclic) bond motifs is 1. The summed E-state index contributed by atoms with van der Waals surface area (Å²) in [5.74, 6) is 0.521. The molecule has 0 saturated heterocycles. The van der Waals surface area contributed by atoms with Gasteiger partial charge in [0.2, 0.25) is 11.8 Å². The number of rotatable bonds is 5. The molecule has 4 N–H and O–H groups in total. The lowest BCUT2D eigenvalue weighted by atomic mass is 10.2. The quantitative estimate of drug-likeness (QED) is 0.472. The van der Waals surface area contributed by atoms with Crippen LogP contribution in [0.2, 0.25) is 0 Å². The number of benzene rings is 1. The second-order valence-electron chi connectivity index (χ2n) is 6.50. The molecular formula is C18H18N6O4S2. The van der Waals surface area contributed by atoms with E-state index in [0.29, 0.717) is 29.5 Å². The Hall–Kier alpha value is -3.38. The SMILES string of the molecule is CC(=O)Nc1nc(C)c(S(=O)(=O)Nc2ccc(N3CNc4occc4C3=N)cc2)s1. The van der Waals surface area contributed by atoms with Crippen LogP contribution in [0.4, 0.5) is 22.4 Å². The highest BCUT2D eigenvalue weighted by molar-refractivity contribution is 7.94. The van der Waals surface area contributed by atoms with Gasteiger partial charge in [-0.2, -0.15) is 0 Å². The van der Waals surface area contributed by atoms with Crippen LogP contribution in [0.1, 0.15) is 18.2 Å². The maximum Gasteiger partial charge on any atom is 0.273 e. The van der Waals surface area contributed by atoms with Gasteiger partial charge in [0, 0.05) is 18.3 Å². The molecule has 0 bridgehead atoms. The molecule has 3 heterocycles. The lowest BCUT2D eigenvalue weighted by Gasteiger charge is -2.29. The van der Waals surface area contributed by atoms with Crippen LogP contribution in [0.25, 0.3) is 0 Å². The molecule has 0 unspecified atom stereocenters. The fourth-order valence-corrected chi connectivity index (χ4v) is 5.50. The summed E-state index contributed by atoms with van der Waals surface area (Å²) in [4.78, 5) is 17.0. The summed E-state index contributed by atoms with van der Waals surface area (Å²) >= 11 is 0.888. The molecule has 0 aliphatic carbocycles. The highest BCUT2D eigenvalue weighted by Crippen LogP contribution is 2.30. The average Bonchev–Trinajstić information content (AvgIpc) is 3.29. The normalized spacial score (nSPS) is 13.5. The number of nitrogens with zero attached hydrogens (tertiary/aromatic N) is 2. The second kappa shape index (κ2) is 7.46. The van der Waals surface area contributed by atoms with E-state index in [1.807, 2.05) is 0 Å². The highest BCUT2D eigenvalue weighted by Gasteiger charge is 2.25. The van der Waals surface area contributed by atoms with Gasteiger partial charge in [0.1, 0.15) is 5.84 Å². The summed E-state index contributed by atoms with van der Waals surface area (Å²) in [6.45, 7) is 3.25. The predicted molar refractivity (Wildman–Crippen MR) is 115 cm³/mol. The number of amides is 1. The number of aromatic nitrogens is 1. The number of nitrogens with one attached hydrogen (secondary N) is 4. The molecular weight excluding hydrogens is 428 g/mol. The molecule has 0 radical (unpaired) electrons. The number of furan rings is 1. The van der Waals surface area contributed by atoms with Gasteiger partial charge in [0.05, 0.1) is 24.2 Å². The van der Waals surface area contributed by atoms with E-state index in [4.69, 9.17) is 9.83 Å². The largest absolute Gasteiger partial charge is 0.448 e. The van der Waals surface area contributed by atoms with E-state index in [0.717, 1.165) is 17.0 Å². The molecule has 0 atom stereocenters. The first-order chi connectivity index (χ1) is 14.2. The van der Waals surface area contributed by atoms with Crippen LogP contribution in [-0.2, 0) is 14.8 Å². The number of hydrogen-bond acceptors (Lipinski definition) is 8. The summed E-state index contributed by atoms with van der Waals surface area (Å²) in [5, 5.41) is 14.2. The van der Waals surface area contributed by atoms with Crippen molar-refractivity contribution in [3.05, 3.63) is 47.9 Å². The first kappa shape index (κ1) is 19.9. The minimum Gasteiger partial charge on any atom is -0.448 e. The first-order valence-electron chi connectivity index (χ1n) is 8.80. The zero-order valence-corrected chi connectivity index (χ0v) is 17.6. The predicted octanol–water partition coefficient (Wildman–Crippen LogP) is 3.02. The Balaban J connectivity index is 1.52. The van der Waals surface area contributed by atoms with Crippen molar-refractivity contribution in [2.45, 2.75) is 18.1 Å². The van der Waals surface area contributed by atoms with Crippen LogP contribution in [-0.4, -0.2) is 31.8 Å². The van der Waals surface area contributed by atoms with Gasteiger partial charge in [-0.15, -0.1) is 0 Å². The Kier molecular flexibility index (Phi) is 4.95. The lowest BCUT2D eigenvalue weighted by molar-refractivity contribution is -0.114. The lowest BCUT2D eigenvalue weighted by Crippen LogP contribution is -2.39. The molecule has 2 aromatic heterocycles. The molecule has 0 saturated carbocycles. The van der Waals surface area contributed by atoms with Gasteiger partial charge in [0.15, 0.2) is 9.34 Å². The standard InChI is InChI=1S/C18H18N6O4S2/c1-10-17(29-18(21-10)22-11(2)25)30(26,27)23-12-3-5-13(6-4-12)24-9-20-16-14(15(24)19)7-8-28-16/h3-8,19-20,23H,9H2,1-2H3,(H,21,22,25). The third kappa shape index (κ3) is 3.74. The fourth-order valence-electron chi connectivity index (χ4n) is 2.98. The summed E-state index contributed by atoms with van der Waals surface area (Å²) in [5.41, 5.74) is 2.05. The van der Waals surface area contributed by atoms with Crippen molar-refractivity contribution >= 4 is 55.5 Å². The number of carbonyl (C=O) groups excluding carboxylic acids is 1. The third-order valence-corrected chi connectivity index (χ3v) is 7.36. The summed E-state index contributed by atoms with van der Waals surface area (Å²) in [6.07, 6.45) is 1.52. The van der Waals surface area contributed by atoms with Crippen molar-refractivity contribution in [3.8, 4) is 0 Å². The summed E-state index contributed by atoms with van der Waals surface area (Å²) in [6, 6.07) is 8.40. The number of amidine groups is 1. The van der Waals surface area contributed by atoms with Crippen LogP contribution in [0.15, 0.2) is 45.2 Å². The molecule has 1 aromatic carbocycles. The highest BCUT2D eigenvalue weighted by atomic mass is 32.2. The van der Waals surface area contributed by atoms with E-state index in [1.165, 1.54) is 13.2 Å². The molecule has 0 spiro atoms. The van der Waals surface area contributed by atoms with Crippen LogP contribution in [0.5, 0.6) is 0 Å². The molecule has 1 amide bonds. The molecule has 12 heteroatoms. The van der Waals surface area contributed by atoms with Gasteiger partial charge in [-0.1, -0.05) is 11.3 Å². The van der Waals surface area contributed by atoms with Crippen molar-refractivity contribution in [3.63, 3.8) is 0 Å². The van der Waals surface area contributed by atoms with E-state index in [1.54, 1.807) is 42.2 Å². The van der Waals surface area contributed by atoms with E-state index in [9.17, 15) is 13.2 Å². The number of thiazole rings is 1. The molecule has 30 heavy (non-hydrogen) atoms. The molecule has 156 valence electrons. The molecule has 10 nitrogen and oxygen atoms in total. The maximum atomic E-state index is 12.7. The van der Waals surface area contributed by atoms with Crippen LogP contribution >= 0.6 is 11.3 Å². The Morgan fingerprint density at radius 2 is 2.03 bits per heavy atom. The number of carbonyl (C=O) groups is 1. The zero-order chi connectivity index (χ0) is 21.5. The minimum atomic E-state index is -3.87. The van der Waals surface area contributed by atoms with Crippen molar-refractivity contribution in [1.82, 2.24) is 4.98 Å². The van der Waals surface area contributed by atoms with E-state index in [2.05, 4.69) is 20.3 Å². The van der Waals surface area contributed by atoms with Crippen LogP contribution < -0.4 is 20.3 Å². The average molecular weight is 447 g/mol.